The van der Waals surface area contributed by atoms with Crippen LogP contribution < -0.4 is 0 Å². The van der Waals surface area contributed by atoms with Crippen LogP contribution in [0.15, 0.2) is 28.8 Å². The van der Waals surface area contributed by atoms with Crippen molar-refractivity contribution in [2.45, 2.75) is 38.5 Å². The van der Waals surface area contributed by atoms with E-state index >= 15 is 0 Å². The van der Waals surface area contributed by atoms with E-state index in [1.807, 2.05) is 11.8 Å². The number of benzene rings is 1. The van der Waals surface area contributed by atoms with Gasteiger partial charge in [0.1, 0.15) is 5.54 Å². The molecule has 2 aromatic rings. The number of carbonyl (C=O) groups is 1. The normalized spacial score (nSPS) is 16.9. The molecule has 0 spiro atoms. The standard InChI is InChI=1S/C22H27F3N6O2/c1-15(20-27-19(28-33-20)16-6-5-7-17(12-16)22(23,24)25)31-10-8-30(9-11-31)13-18(32)29(4)21(2,3)14-26/h5-7,12,15H,8-11,13H2,1-4H3. The maximum Gasteiger partial charge on any atom is 0.416 e. The van der Waals surface area contributed by atoms with Crippen molar-refractivity contribution >= 4 is 5.91 Å². The highest BCUT2D eigenvalue weighted by molar-refractivity contribution is 5.79. The summed E-state index contributed by atoms with van der Waals surface area (Å²) in [4.78, 5) is 22.4. The Bertz CT molecular complexity index is 1020. The third kappa shape index (κ3) is 5.69. The van der Waals surface area contributed by atoms with Crippen LogP contribution in [-0.2, 0) is 11.0 Å². The summed E-state index contributed by atoms with van der Waals surface area (Å²) in [5, 5.41) is 13.1. The van der Waals surface area contributed by atoms with E-state index in [1.54, 1.807) is 20.9 Å². The lowest BCUT2D eigenvalue weighted by atomic mass is 10.1. The zero-order valence-corrected chi connectivity index (χ0v) is 19.1. The van der Waals surface area contributed by atoms with E-state index < -0.39 is 17.3 Å². The van der Waals surface area contributed by atoms with Gasteiger partial charge in [-0.15, -0.1) is 0 Å². The Kier molecular flexibility index (Phi) is 7.09. The largest absolute Gasteiger partial charge is 0.416 e. The number of nitriles is 1. The molecule has 33 heavy (non-hydrogen) atoms. The second-order valence-electron chi connectivity index (χ2n) is 8.65. The van der Waals surface area contributed by atoms with Gasteiger partial charge in [-0.1, -0.05) is 17.3 Å². The Morgan fingerprint density at radius 1 is 1.27 bits per heavy atom. The number of halogens is 3. The number of aromatic nitrogens is 2. The van der Waals surface area contributed by atoms with Gasteiger partial charge in [0.2, 0.25) is 17.6 Å². The van der Waals surface area contributed by atoms with E-state index in [0.717, 1.165) is 12.1 Å². The van der Waals surface area contributed by atoms with Gasteiger partial charge in [0.15, 0.2) is 0 Å². The van der Waals surface area contributed by atoms with Gasteiger partial charge in [0.05, 0.1) is 24.2 Å². The van der Waals surface area contributed by atoms with Gasteiger partial charge in [-0.3, -0.25) is 14.6 Å². The molecule has 1 unspecified atom stereocenters. The summed E-state index contributed by atoms with van der Waals surface area (Å²) in [6, 6.07) is 6.71. The topological polar surface area (TPSA) is 89.5 Å². The van der Waals surface area contributed by atoms with Crippen molar-refractivity contribution < 1.29 is 22.5 Å². The number of nitrogens with zero attached hydrogens (tertiary/aromatic N) is 6. The average molecular weight is 464 g/mol. The first kappa shape index (κ1) is 24.7. The molecule has 1 aromatic carbocycles. The molecule has 1 aromatic heterocycles. The molecule has 2 heterocycles. The Morgan fingerprint density at radius 2 is 1.94 bits per heavy atom. The monoisotopic (exact) mass is 464 g/mol. The number of carbonyl (C=O) groups excluding carboxylic acids is 1. The lowest BCUT2D eigenvalue weighted by Crippen LogP contribution is -2.52. The van der Waals surface area contributed by atoms with Crippen LogP contribution in [0.2, 0.25) is 0 Å². The first-order valence-electron chi connectivity index (χ1n) is 10.6. The summed E-state index contributed by atoms with van der Waals surface area (Å²) in [6.45, 7) is 8.11. The fourth-order valence-corrected chi connectivity index (χ4v) is 3.51. The first-order valence-corrected chi connectivity index (χ1v) is 10.6. The molecule has 1 fully saturated rings. The second kappa shape index (κ2) is 9.49. The number of amides is 1. The number of hydrogen-bond acceptors (Lipinski definition) is 7. The molecule has 178 valence electrons. The van der Waals surface area contributed by atoms with E-state index in [9.17, 15) is 23.2 Å². The second-order valence-corrected chi connectivity index (χ2v) is 8.65. The van der Waals surface area contributed by atoms with Gasteiger partial charge in [-0.25, -0.2) is 0 Å². The van der Waals surface area contributed by atoms with Gasteiger partial charge in [-0.2, -0.15) is 23.4 Å². The van der Waals surface area contributed by atoms with Crippen LogP contribution in [0.1, 0.15) is 38.3 Å². The molecule has 0 saturated carbocycles. The van der Waals surface area contributed by atoms with E-state index in [4.69, 9.17) is 4.52 Å². The van der Waals surface area contributed by atoms with Crippen LogP contribution in [-0.4, -0.2) is 76.1 Å². The number of alkyl halides is 3. The number of rotatable bonds is 6. The molecule has 8 nitrogen and oxygen atoms in total. The molecule has 0 radical (unpaired) electrons. The van der Waals surface area contributed by atoms with Gasteiger partial charge in [0, 0.05) is 38.8 Å². The van der Waals surface area contributed by atoms with Crippen molar-refractivity contribution in [3.05, 3.63) is 35.7 Å². The molecule has 1 amide bonds. The third-order valence-corrected chi connectivity index (χ3v) is 6.05. The fraction of sp³-hybridized carbons (Fsp3) is 0.545. The van der Waals surface area contributed by atoms with Crippen LogP contribution in [0.3, 0.4) is 0 Å². The van der Waals surface area contributed by atoms with Gasteiger partial charge >= 0.3 is 6.18 Å². The maximum absolute atomic E-state index is 13.0. The van der Waals surface area contributed by atoms with E-state index in [2.05, 4.69) is 21.1 Å². The number of piperazine rings is 1. The van der Waals surface area contributed by atoms with Crippen LogP contribution in [0.5, 0.6) is 0 Å². The van der Waals surface area contributed by atoms with Gasteiger partial charge in [-0.05, 0) is 32.9 Å². The summed E-state index contributed by atoms with van der Waals surface area (Å²) in [5.41, 5.74) is -1.41. The van der Waals surface area contributed by atoms with Crippen molar-refractivity contribution in [2.24, 2.45) is 0 Å². The van der Waals surface area contributed by atoms with E-state index in [1.165, 1.54) is 17.0 Å². The lowest BCUT2D eigenvalue weighted by Gasteiger charge is -2.38. The van der Waals surface area contributed by atoms with Crippen molar-refractivity contribution in [3.63, 3.8) is 0 Å². The SMILES string of the molecule is CC(c1nc(-c2cccc(C(F)(F)F)c2)no1)N1CCN(CC(=O)N(C)C(C)(C)C#N)CC1. The molecule has 1 aliphatic heterocycles. The number of likely N-dealkylation sites (N-methyl/N-ethyl adjacent to an activating group) is 1. The van der Waals surface area contributed by atoms with Crippen LogP contribution in [0, 0.1) is 11.3 Å². The Hall–Kier alpha value is -2.97. The van der Waals surface area contributed by atoms with Gasteiger partial charge in [0.25, 0.3) is 0 Å². The molecule has 1 atom stereocenters. The quantitative estimate of drug-likeness (QED) is 0.649. The summed E-state index contributed by atoms with van der Waals surface area (Å²) in [7, 11) is 1.63. The molecule has 11 heteroatoms. The molecular formula is C22H27F3N6O2. The first-order chi connectivity index (χ1) is 15.4. The maximum atomic E-state index is 13.0. The summed E-state index contributed by atoms with van der Waals surface area (Å²) in [6.07, 6.45) is -4.45. The van der Waals surface area contributed by atoms with Crippen molar-refractivity contribution in [2.75, 3.05) is 39.8 Å². The predicted molar refractivity (Wildman–Crippen MR) is 114 cm³/mol. The molecule has 1 aliphatic rings. The molecule has 0 aliphatic carbocycles. The highest BCUT2D eigenvalue weighted by Crippen LogP contribution is 2.32. The Morgan fingerprint density at radius 3 is 2.55 bits per heavy atom. The summed E-state index contributed by atoms with van der Waals surface area (Å²) < 4.78 is 44.3. The van der Waals surface area contributed by atoms with Crippen molar-refractivity contribution in [1.29, 1.82) is 5.26 Å². The highest BCUT2D eigenvalue weighted by atomic mass is 19.4. The molecule has 3 rings (SSSR count). The Labute approximate surface area is 190 Å². The molecule has 1 saturated heterocycles. The summed E-state index contributed by atoms with van der Waals surface area (Å²) in [5.74, 6) is 0.309. The molecule has 0 bridgehead atoms. The van der Waals surface area contributed by atoms with Crippen LogP contribution in [0.25, 0.3) is 11.4 Å². The lowest BCUT2D eigenvalue weighted by molar-refractivity contribution is -0.137. The fourth-order valence-electron chi connectivity index (χ4n) is 3.51. The van der Waals surface area contributed by atoms with Crippen molar-refractivity contribution in [1.82, 2.24) is 24.8 Å². The Balaban J connectivity index is 1.59. The van der Waals surface area contributed by atoms with E-state index in [0.29, 0.717) is 32.1 Å². The van der Waals surface area contributed by atoms with E-state index in [-0.39, 0.29) is 29.9 Å². The minimum absolute atomic E-state index is 0.107. The van der Waals surface area contributed by atoms with Crippen LogP contribution in [0.4, 0.5) is 13.2 Å². The average Bonchev–Trinajstić information content (AvgIpc) is 3.28. The number of hydrogen-bond donors (Lipinski definition) is 0. The zero-order valence-electron chi connectivity index (χ0n) is 19.1. The minimum Gasteiger partial charge on any atom is -0.337 e. The minimum atomic E-state index is -4.45. The highest BCUT2D eigenvalue weighted by Gasteiger charge is 2.32. The van der Waals surface area contributed by atoms with Crippen LogP contribution >= 0.6 is 0 Å². The zero-order chi connectivity index (χ0) is 24.4. The molecule has 0 N–H and O–H groups in total. The summed E-state index contributed by atoms with van der Waals surface area (Å²) >= 11 is 0. The smallest absolute Gasteiger partial charge is 0.337 e. The third-order valence-electron chi connectivity index (χ3n) is 6.05. The van der Waals surface area contributed by atoms with Crippen molar-refractivity contribution in [3.8, 4) is 17.5 Å². The molecular weight excluding hydrogens is 437 g/mol. The van der Waals surface area contributed by atoms with Gasteiger partial charge < -0.3 is 9.42 Å². The predicted octanol–water partition coefficient (Wildman–Crippen LogP) is 3.19.